The second-order valence-corrected chi connectivity index (χ2v) is 7.82. The minimum Gasteiger partial charge on any atom is -0.494 e. The van der Waals surface area contributed by atoms with Crippen molar-refractivity contribution in [3.8, 4) is 17.1 Å². The van der Waals surface area contributed by atoms with E-state index < -0.39 is 6.04 Å². The first-order valence-electron chi connectivity index (χ1n) is 10.9. The summed E-state index contributed by atoms with van der Waals surface area (Å²) < 4.78 is 16.4. The standard InChI is InChI=1S/C25H28N4O4/c1-5-32-20-12-10-19(11-13-20)23-27-24(33-28-23)21-17(3)29(14-15-31-4)25(30)26-22(21)18-8-6-16(2)7-9-18/h6-13,22H,5,14-15H2,1-4H3,(H,26,30). The molecule has 0 saturated heterocycles. The first-order chi connectivity index (χ1) is 16.0. The van der Waals surface area contributed by atoms with Gasteiger partial charge in [-0.25, -0.2) is 4.79 Å². The van der Waals surface area contributed by atoms with E-state index in [1.54, 1.807) is 12.0 Å². The molecule has 0 spiro atoms. The highest BCUT2D eigenvalue weighted by atomic mass is 16.5. The van der Waals surface area contributed by atoms with E-state index in [-0.39, 0.29) is 6.03 Å². The van der Waals surface area contributed by atoms with E-state index in [2.05, 4.69) is 15.5 Å². The topological polar surface area (TPSA) is 89.7 Å². The zero-order valence-electron chi connectivity index (χ0n) is 19.3. The normalized spacial score (nSPS) is 16.2. The number of nitrogens with zero attached hydrogens (tertiary/aromatic N) is 3. The molecule has 0 fully saturated rings. The van der Waals surface area contributed by atoms with Crippen LogP contribution < -0.4 is 10.1 Å². The number of aryl methyl sites for hydroxylation is 1. The summed E-state index contributed by atoms with van der Waals surface area (Å²) in [6.07, 6.45) is 0. The van der Waals surface area contributed by atoms with Gasteiger partial charge in [0.25, 0.3) is 5.89 Å². The van der Waals surface area contributed by atoms with Crippen LogP contribution in [0.1, 0.15) is 36.9 Å². The van der Waals surface area contributed by atoms with Gasteiger partial charge in [0, 0.05) is 18.4 Å². The Morgan fingerprint density at radius 1 is 1.09 bits per heavy atom. The SMILES string of the molecule is CCOc1ccc(-c2noc(C3=C(C)N(CCOC)C(=O)NC3c3ccc(C)cc3)n2)cc1. The maximum absolute atomic E-state index is 12.9. The molecule has 1 aliphatic rings. The maximum atomic E-state index is 12.9. The molecule has 172 valence electrons. The number of carbonyl (C=O) groups excluding carboxylic acids is 1. The molecule has 2 heterocycles. The van der Waals surface area contributed by atoms with Gasteiger partial charge in [0.2, 0.25) is 5.82 Å². The van der Waals surface area contributed by atoms with Crippen molar-refractivity contribution in [3.63, 3.8) is 0 Å². The summed E-state index contributed by atoms with van der Waals surface area (Å²) in [6.45, 7) is 7.29. The molecule has 0 radical (unpaired) electrons. The molecule has 8 nitrogen and oxygen atoms in total. The Morgan fingerprint density at radius 3 is 2.48 bits per heavy atom. The first kappa shape index (κ1) is 22.5. The van der Waals surface area contributed by atoms with Crippen molar-refractivity contribution in [2.24, 2.45) is 0 Å². The van der Waals surface area contributed by atoms with Gasteiger partial charge >= 0.3 is 6.03 Å². The number of hydrogen-bond donors (Lipinski definition) is 1. The van der Waals surface area contributed by atoms with Crippen LogP contribution in [0.5, 0.6) is 5.75 Å². The van der Waals surface area contributed by atoms with Gasteiger partial charge in [-0.3, -0.25) is 4.90 Å². The minimum atomic E-state index is -0.412. The first-order valence-corrected chi connectivity index (χ1v) is 10.9. The van der Waals surface area contributed by atoms with Gasteiger partial charge in [0.1, 0.15) is 5.75 Å². The van der Waals surface area contributed by atoms with E-state index in [9.17, 15) is 4.79 Å². The number of rotatable bonds is 8. The highest BCUT2D eigenvalue weighted by molar-refractivity contribution is 5.86. The zero-order valence-corrected chi connectivity index (χ0v) is 19.3. The van der Waals surface area contributed by atoms with E-state index >= 15 is 0 Å². The van der Waals surface area contributed by atoms with E-state index in [0.29, 0.717) is 31.5 Å². The third-order valence-electron chi connectivity index (χ3n) is 5.61. The summed E-state index contributed by atoms with van der Waals surface area (Å²) in [7, 11) is 1.61. The van der Waals surface area contributed by atoms with Crippen LogP contribution in [0.15, 0.2) is 58.8 Å². The quantitative estimate of drug-likeness (QED) is 0.542. The lowest BCUT2D eigenvalue weighted by Crippen LogP contribution is -2.47. The Hall–Kier alpha value is -3.65. The number of benzene rings is 2. The van der Waals surface area contributed by atoms with Gasteiger partial charge in [-0.1, -0.05) is 35.0 Å². The van der Waals surface area contributed by atoms with Crippen LogP contribution in [0.25, 0.3) is 17.0 Å². The monoisotopic (exact) mass is 448 g/mol. The van der Waals surface area contributed by atoms with Gasteiger partial charge in [0.05, 0.1) is 31.4 Å². The van der Waals surface area contributed by atoms with Crippen LogP contribution in [-0.4, -0.2) is 47.9 Å². The fourth-order valence-electron chi connectivity index (χ4n) is 3.84. The number of hydrogen-bond acceptors (Lipinski definition) is 6. The number of allylic oxidation sites excluding steroid dienone is 1. The molecule has 2 amide bonds. The summed E-state index contributed by atoms with van der Waals surface area (Å²) in [5.41, 5.74) is 4.41. The number of aromatic nitrogens is 2. The molecule has 0 aliphatic carbocycles. The minimum absolute atomic E-state index is 0.190. The van der Waals surface area contributed by atoms with Crippen molar-refractivity contribution >= 4 is 11.6 Å². The third kappa shape index (κ3) is 4.75. The average Bonchev–Trinajstić information content (AvgIpc) is 3.29. The fourth-order valence-corrected chi connectivity index (χ4v) is 3.84. The molecule has 1 aliphatic heterocycles. The highest BCUT2D eigenvalue weighted by Gasteiger charge is 2.35. The Labute approximate surface area is 193 Å². The van der Waals surface area contributed by atoms with Crippen LogP contribution in [0.3, 0.4) is 0 Å². The molecule has 1 atom stereocenters. The predicted octanol–water partition coefficient (Wildman–Crippen LogP) is 4.59. The van der Waals surface area contributed by atoms with Crippen molar-refractivity contribution in [2.75, 3.05) is 26.9 Å². The number of methoxy groups -OCH3 is 1. The van der Waals surface area contributed by atoms with E-state index in [0.717, 1.165) is 33.7 Å². The Morgan fingerprint density at radius 2 is 1.82 bits per heavy atom. The summed E-state index contributed by atoms with van der Waals surface area (Å²) in [5.74, 6) is 1.62. The van der Waals surface area contributed by atoms with Crippen LogP contribution in [0.2, 0.25) is 0 Å². The number of carbonyl (C=O) groups is 1. The lowest BCUT2D eigenvalue weighted by molar-refractivity contribution is 0.158. The average molecular weight is 449 g/mol. The molecule has 8 heteroatoms. The Bertz CT molecular complexity index is 1140. The molecule has 3 aromatic rings. The largest absolute Gasteiger partial charge is 0.494 e. The lowest BCUT2D eigenvalue weighted by Gasteiger charge is -2.35. The van der Waals surface area contributed by atoms with Gasteiger partial charge in [-0.05, 0) is 50.6 Å². The van der Waals surface area contributed by atoms with Gasteiger partial charge in [0.15, 0.2) is 0 Å². The Balaban J connectivity index is 1.74. The molecule has 0 bridgehead atoms. The maximum Gasteiger partial charge on any atom is 0.322 e. The molecule has 4 rings (SSSR count). The van der Waals surface area contributed by atoms with Crippen molar-refractivity contribution in [3.05, 3.63) is 71.2 Å². The van der Waals surface area contributed by atoms with Crippen molar-refractivity contribution < 1.29 is 18.8 Å². The van der Waals surface area contributed by atoms with E-state index in [1.807, 2.05) is 69.3 Å². The summed E-state index contributed by atoms with van der Waals surface area (Å²) in [6, 6.07) is 15.0. The van der Waals surface area contributed by atoms with Gasteiger partial charge < -0.3 is 19.3 Å². The van der Waals surface area contributed by atoms with Crippen molar-refractivity contribution in [1.82, 2.24) is 20.4 Å². The second-order valence-electron chi connectivity index (χ2n) is 7.82. The molecule has 1 N–H and O–H groups in total. The smallest absolute Gasteiger partial charge is 0.322 e. The van der Waals surface area contributed by atoms with Gasteiger partial charge in [-0.15, -0.1) is 0 Å². The van der Waals surface area contributed by atoms with Crippen LogP contribution in [0, 0.1) is 6.92 Å². The predicted molar refractivity (Wildman–Crippen MR) is 125 cm³/mol. The molecule has 0 saturated carbocycles. The van der Waals surface area contributed by atoms with Crippen molar-refractivity contribution in [1.29, 1.82) is 0 Å². The molecular weight excluding hydrogens is 420 g/mol. The van der Waals surface area contributed by atoms with Crippen LogP contribution in [0.4, 0.5) is 4.79 Å². The molecule has 1 aromatic heterocycles. The lowest BCUT2D eigenvalue weighted by atomic mass is 9.94. The molecule has 33 heavy (non-hydrogen) atoms. The molecule has 2 aromatic carbocycles. The number of ether oxygens (including phenoxy) is 2. The van der Waals surface area contributed by atoms with Gasteiger partial charge in [-0.2, -0.15) is 4.98 Å². The highest BCUT2D eigenvalue weighted by Crippen LogP contribution is 2.37. The molecular formula is C25H28N4O4. The fraction of sp³-hybridized carbons (Fsp3) is 0.320. The van der Waals surface area contributed by atoms with Crippen LogP contribution in [-0.2, 0) is 4.74 Å². The summed E-state index contributed by atoms with van der Waals surface area (Å²) in [4.78, 5) is 19.2. The van der Waals surface area contributed by atoms with Crippen molar-refractivity contribution in [2.45, 2.75) is 26.8 Å². The van der Waals surface area contributed by atoms with E-state index in [4.69, 9.17) is 14.0 Å². The number of urea groups is 1. The third-order valence-corrected chi connectivity index (χ3v) is 5.61. The summed E-state index contributed by atoms with van der Waals surface area (Å²) >= 11 is 0. The summed E-state index contributed by atoms with van der Waals surface area (Å²) in [5, 5.41) is 7.29. The number of nitrogens with one attached hydrogen (secondary N) is 1. The molecule has 1 unspecified atom stereocenters. The van der Waals surface area contributed by atoms with Crippen LogP contribution >= 0.6 is 0 Å². The van der Waals surface area contributed by atoms with E-state index in [1.165, 1.54) is 0 Å². The number of amides is 2. The second kappa shape index (κ2) is 9.87. The Kier molecular flexibility index (Phi) is 6.74. The zero-order chi connectivity index (χ0) is 23.4.